The second-order valence-corrected chi connectivity index (χ2v) is 10.5. The van der Waals surface area contributed by atoms with Gasteiger partial charge in [-0.1, -0.05) is 13.8 Å². The van der Waals surface area contributed by atoms with Gasteiger partial charge in [0.15, 0.2) is 0 Å². The molecule has 2 unspecified atom stereocenters. The van der Waals surface area contributed by atoms with Crippen LogP contribution in [0.15, 0.2) is 0 Å². The Morgan fingerprint density at radius 1 is 1.11 bits per heavy atom. The minimum absolute atomic E-state index is 0.0838. The number of aliphatic hydroxyl groups is 1. The van der Waals surface area contributed by atoms with E-state index in [1.165, 1.54) is 13.3 Å². The maximum atomic E-state index is 12.0. The van der Waals surface area contributed by atoms with Crippen LogP contribution in [-0.4, -0.2) is 22.8 Å². The van der Waals surface area contributed by atoms with Crippen LogP contribution in [-0.2, 0) is 9.53 Å². The van der Waals surface area contributed by atoms with Gasteiger partial charge in [-0.05, 0) is 86.9 Å². The molecule has 4 nitrogen and oxygen atoms in total. The van der Waals surface area contributed by atoms with Crippen molar-refractivity contribution in [1.29, 1.82) is 5.26 Å². The monoisotopic (exact) mass is 373 g/mol. The number of fused-ring (bicyclic) bond motifs is 5. The van der Waals surface area contributed by atoms with E-state index in [9.17, 15) is 15.2 Å². The molecule has 4 rings (SSSR count). The van der Waals surface area contributed by atoms with Crippen LogP contribution >= 0.6 is 0 Å². The Hall–Kier alpha value is -1.08. The van der Waals surface area contributed by atoms with Crippen LogP contribution in [0.2, 0.25) is 0 Å². The van der Waals surface area contributed by atoms with Gasteiger partial charge in [0.25, 0.3) is 0 Å². The maximum Gasteiger partial charge on any atom is 0.302 e. The predicted octanol–water partition coefficient (Wildman–Crippen LogP) is 4.61. The molecular formula is C23H35NO3. The van der Waals surface area contributed by atoms with Gasteiger partial charge >= 0.3 is 5.97 Å². The molecule has 0 bridgehead atoms. The normalized spacial score (nSPS) is 51.4. The minimum Gasteiger partial charge on any atom is -0.463 e. The van der Waals surface area contributed by atoms with E-state index < -0.39 is 5.60 Å². The maximum absolute atomic E-state index is 12.0. The van der Waals surface area contributed by atoms with Crippen molar-refractivity contribution < 1.29 is 14.6 Å². The quantitative estimate of drug-likeness (QED) is 0.718. The fourth-order valence-electron chi connectivity index (χ4n) is 8.08. The molecule has 4 saturated carbocycles. The summed E-state index contributed by atoms with van der Waals surface area (Å²) >= 11 is 0. The summed E-state index contributed by atoms with van der Waals surface area (Å²) in [7, 11) is 0. The SMILES string of the molecule is CC(=O)OC1CC[C@@]2(C)C(CC[C@@H]3[C@@H]2CC[C@]2(C)[C@@H](CC#N)CC[C@@]32O)C1. The molecule has 1 N–H and O–H groups in total. The molecule has 0 aromatic rings. The Morgan fingerprint density at radius 2 is 1.89 bits per heavy atom. The van der Waals surface area contributed by atoms with Crippen LogP contribution in [0.3, 0.4) is 0 Å². The number of ether oxygens (including phenoxy) is 1. The number of hydrogen-bond acceptors (Lipinski definition) is 4. The summed E-state index contributed by atoms with van der Waals surface area (Å²) in [6, 6.07) is 2.38. The fourth-order valence-corrected chi connectivity index (χ4v) is 8.08. The lowest BCUT2D eigenvalue weighted by Gasteiger charge is -2.63. The van der Waals surface area contributed by atoms with Gasteiger partial charge in [-0.25, -0.2) is 0 Å². The lowest BCUT2D eigenvalue weighted by Crippen LogP contribution is -2.62. The molecule has 0 radical (unpaired) electrons. The molecule has 4 aliphatic rings. The zero-order valence-corrected chi connectivity index (χ0v) is 17.2. The minimum atomic E-state index is -0.599. The van der Waals surface area contributed by atoms with Crippen LogP contribution in [0.1, 0.15) is 85.0 Å². The highest BCUT2D eigenvalue weighted by atomic mass is 16.5. The van der Waals surface area contributed by atoms with Gasteiger partial charge in [0.05, 0.1) is 11.7 Å². The number of carbonyl (C=O) groups excluding carboxylic acids is 1. The molecule has 0 amide bonds. The number of nitrogens with zero attached hydrogens (tertiary/aromatic N) is 1. The van der Waals surface area contributed by atoms with Crippen molar-refractivity contribution in [2.45, 2.75) is 96.7 Å². The van der Waals surface area contributed by atoms with Crippen molar-refractivity contribution in [3.63, 3.8) is 0 Å². The molecule has 4 heteroatoms. The first-order valence-electron chi connectivity index (χ1n) is 11.0. The molecule has 4 aliphatic carbocycles. The smallest absolute Gasteiger partial charge is 0.302 e. The number of carbonyl (C=O) groups is 1. The largest absolute Gasteiger partial charge is 0.463 e. The topological polar surface area (TPSA) is 70.3 Å². The van der Waals surface area contributed by atoms with Gasteiger partial charge in [-0.15, -0.1) is 0 Å². The van der Waals surface area contributed by atoms with Crippen molar-refractivity contribution >= 4 is 5.97 Å². The van der Waals surface area contributed by atoms with Gasteiger partial charge in [0.1, 0.15) is 6.10 Å². The summed E-state index contributed by atoms with van der Waals surface area (Å²) in [6.45, 7) is 6.23. The highest BCUT2D eigenvalue weighted by Crippen LogP contribution is 2.69. The molecule has 0 heterocycles. The van der Waals surface area contributed by atoms with E-state index in [1.54, 1.807) is 0 Å². The first-order chi connectivity index (χ1) is 12.7. The van der Waals surface area contributed by atoms with Crippen LogP contribution in [0.4, 0.5) is 0 Å². The fraction of sp³-hybridized carbons (Fsp3) is 0.913. The average molecular weight is 374 g/mol. The molecular weight excluding hydrogens is 338 g/mol. The van der Waals surface area contributed by atoms with E-state index in [0.717, 1.165) is 51.4 Å². The molecule has 4 fully saturated rings. The van der Waals surface area contributed by atoms with Crippen molar-refractivity contribution in [2.24, 2.45) is 34.5 Å². The number of nitriles is 1. The van der Waals surface area contributed by atoms with Crippen molar-refractivity contribution in [3.05, 3.63) is 0 Å². The highest BCUT2D eigenvalue weighted by Gasteiger charge is 2.67. The van der Waals surface area contributed by atoms with Gasteiger partial charge in [-0.2, -0.15) is 5.26 Å². The molecule has 27 heavy (non-hydrogen) atoms. The predicted molar refractivity (Wildman–Crippen MR) is 102 cm³/mol. The van der Waals surface area contributed by atoms with Crippen molar-refractivity contribution in [1.82, 2.24) is 0 Å². The summed E-state index contributed by atoms with van der Waals surface area (Å²) in [5.74, 6) is 1.72. The number of rotatable bonds is 2. The van der Waals surface area contributed by atoms with Crippen molar-refractivity contribution in [3.8, 4) is 6.07 Å². The van der Waals surface area contributed by atoms with Gasteiger partial charge in [0.2, 0.25) is 0 Å². The van der Waals surface area contributed by atoms with E-state index in [0.29, 0.717) is 30.1 Å². The third-order valence-electron chi connectivity index (χ3n) is 9.67. The van der Waals surface area contributed by atoms with E-state index >= 15 is 0 Å². The van der Waals surface area contributed by atoms with Crippen LogP contribution < -0.4 is 0 Å². The Bertz CT molecular complexity index is 656. The van der Waals surface area contributed by atoms with E-state index in [4.69, 9.17) is 4.74 Å². The number of hydrogen-bond donors (Lipinski definition) is 1. The summed E-state index contributed by atoms with van der Waals surface area (Å²) in [6.07, 6.45) is 10.0. The van der Waals surface area contributed by atoms with Gasteiger partial charge in [-0.3, -0.25) is 4.79 Å². The standard InChI is InChI=1S/C23H35NO3/c1-15(25)27-18-7-10-21(2)17(14-18)4-5-20-19(21)8-11-22(3)16(9-13-24)6-12-23(20,22)26/h16-20,26H,4-12,14H2,1-3H3/t16-,17?,18?,19+,20-,21+,22-,23-/m1/s1. The van der Waals surface area contributed by atoms with Crippen LogP contribution in [0.25, 0.3) is 0 Å². The first kappa shape index (κ1) is 19.2. The third kappa shape index (κ3) is 2.68. The summed E-state index contributed by atoms with van der Waals surface area (Å²) in [4.78, 5) is 11.4. The zero-order valence-electron chi connectivity index (χ0n) is 17.2. The molecule has 0 aliphatic heterocycles. The van der Waals surface area contributed by atoms with Crippen molar-refractivity contribution in [2.75, 3.05) is 0 Å². The Balaban J connectivity index is 1.57. The summed E-state index contributed by atoms with van der Waals surface area (Å²) in [5, 5.41) is 21.2. The third-order valence-corrected chi connectivity index (χ3v) is 9.67. The Labute approximate surface area is 163 Å². The lowest BCUT2D eigenvalue weighted by atomic mass is 9.43. The molecule has 150 valence electrons. The highest BCUT2D eigenvalue weighted by molar-refractivity contribution is 5.66. The zero-order chi connectivity index (χ0) is 19.4. The molecule has 0 saturated heterocycles. The van der Waals surface area contributed by atoms with Gasteiger partial charge in [0, 0.05) is 18.8 Å². The first-order valence-corrected chi connectivity index (χ1v) is 11.0. The summed E-state index contributed by atoms with van der Waals surface area (Å²) in [5.41, 5.74) is -0.440. The second-order valence-electron chi connectivity index (χ2n) is 10.5. The molecule has 0 aromatic heterocycles. The average Bonchev–Trinajstić information content (AvgIpc) is 2.87. The second kappa shape index (κ2) is 6.48. The van der Waals surface area contributed by atoms with Crippen LogP contribution in [0, 0.1) is 45.8 Å². The molecule has 8 atom stereocenters. The Kier molecular flexibility index (Phi) is 4.62. The number of esters is 1. The van der Waals surface area contributed by atoms with Gasteiger partial charge < -0.3 is 9.84 Å². The Morgan fingerprint density at radius 3 is 2.59 bits per heavy atom. The van der Waals surface area contributed by atoms with E-state index in [1.807, 2.05) is 0 Å². The molecule has 0 aromatic carbocycles. The summed E-state index contributed by atoms with van der Waals surface area (Å²) < 4.78 is 5.55. The van der Waals surface area contributed by atoms with Crippen LogP contribution in [0.5, 0.6) is 0 Å². The van der Waals surface area contributed by atoms with E-state index in [2.05, 4.69) is 19.9 Å². The molecule has 0 spiro atoms. The van der Waals surface area contributed by atoms with E-state index in [-0.39, 0.29) is 22.9 Å². The lowest BCUT2D eigenvalue weighted by molar-refractivity contribution is -0.211.